The summed E-state index contributed by atoms with van der Waals surface area (Å²) in [6.45, 7) is 0.960. The van der Waals surface area contributed by atoms with Gasteiger partial charge in [-0.05, 0) is 11.6 Å². The molecule has 2 N–H and O–H groups in total. The van der Waals surface area contributed by atoms with Crippen molar-refractivity contribution in [2.24, 2.45) is 5.73 Å². The summed E-state index contributed by atoms with van der Waals surface area (Å²) in [6, 6.07) is 6.61. The molecule has 1 heterocycles. The summed E-state index contributed by atoms with van der Waals surface area (Å²) in [7, 11) is 0. The van der Waals surface area contributed by atoms with E-state index in [1.807, 2.05) is 0 Å². The van der Waals surface area contributed by atoms with Gasteiger partial charge in [-0.3, -0.25) is 4.79 Å². The third kappa shape index (κ3) is 3.50. The van der Waals surface area contributed by atoms with Crippen LogP contribution in [0.1, 0.15) is 5.56 Å². The number of halogens is 2. The summed E-state index contributed by atoms with van der Waals surface area (Å²) in [5, 5.41) is 4.90. The van der Waals surface area contributed by atoms with Crippen molar-refractivity contribution in [2.45, 2.75) is 6.54 Å². The average molecular weight is 314 g/mol. The highest BCUT2D eigenvalue weighted by atomic mass is 35.5. The van der Waals surface area contributed by atoms with Crippen molar-refractivity contribution in [3.63, 3.8) is 0 Å². The highest BCUT2D eigenvalue weighted by molar-refractivity contribution is 6.42. The Morgan fingerprint density at radius 3 is 2.85 bits per heavy atom. The van der Waals surface area contributed by atoms with Crippen LogP contribution in [0, 0.1) is 0 Å². The number of hydrogen-bond donors (Lipinski definition) is 1. The van der Waals surface area contributed by atoms with Crippen molar-refractivity contribution >= 4 is 23.2 Å². The Morgan fingerprint density at radius 2 is 2.15 bits per heavy atom. The predicted octanol–water partition coefficient (Wildman–Crippen LogP) is 1.94. The minimum atomic E-state index is -0.282. The molecule has 7 heteroatoms. The van der Waals surface area contributed by atoms with Gasteiger partial charge in [-0.2, -0.15) is 5.10 Å². The van der Waals surface area contributed by atoms with E-state index in [1.54, 1.807) is 18.2 Å². The fourth-order valence-electron chi connectivity index (χ4n) is 1.62. The van der Waals surface area contributed by atoms with Gasteiger partial charge in [0.25, 0.3) is 5.56 Å². The summed E-state index contributed by atoms with van der Waals surface area (Å²) in [5.41, 5.74) is 5.77. The fraction of sp³-hybridized carbons (Fsp3) is 0.231. The first-order chi connectivity index (χ1) is 9.61. The molecule has 1 aromatic heterocycles. The smallest absolute Gasteiger partial charge is 0.270 e. The van der Waals surface area contributed by atoms with Crippen LogP contribution in [0.5, 0.6) is 5.75 Å². The van der Waals surface area contributed by atoms with Crippen LogP contribution in [0.4, 0.5) is 0 Å². The van der Waals surface area contributed by atoms with Gasteiger partial charge < -0.3 is 10.5 Å². The van der Waals surface area contributed by atoms with Crippen LogP contribution in [0.3, 0.4) is 0 Å². The Balaban J connectivity index is 2.22. The number of rotatable bonds is 5. The molecule has 0 bridgehead atoms. The normalized spacial score (nSPS) is 10.6. The summed E-state index contributed by atoms with van der Waals surface area (Å²) in [4.78, 5) is 11.9. The Bertz CT molecular complexity index is 658. The highest BCUT2D eigenvalue weighted by Crippen LogP contribution is 2.25. The largest absolute Gasteiger partial charge is 0.490 e. The Labute approximate surface area is 125 Å². The molecule has 0 aliphatic rings. The predicted molar refractivity (Wildman–Crippen MR) is 78.6 cm³/mol. The van der Waals surface area contributed by atoms with Gasteiger partial charge in [0.1, 0.15) is 12.4 Å². The van der Waals surface area contributed by atoms with Gasteiger partial charge in [0, 0.05) is 12.6 Å². The van der Waals surface area contributed by atoms with Crippen molar-refractivity contribution in [3.8, 4) is 5.75 Å². The van der Waals surface area contributed by atoms with Crippen LogP contribution in [0.2, 0.25) is 10.0 Å². The maximum atomic E-state index is 11.9. The van der Waals surface area contributed by atoms with Crippen LogP contribution in [-0.2, 0) is 6.54 Å². The molecule has 0 unspecified atom stereocenters. The zero-order chi connectivity index (χ0) is 14.5. The lowest BCUT2D eigenvalue weighted by Crippen LogP contribution is -2.23. The second-order valence-corrected chi connectivity index (χ2v) is 4.82. The number of benzene rings is 1. The maximum Gasteiger partial charge on any atom is 0.270 e. The molecule has 1 aromatic carbocycles. The zero-order valence-corrected chi connectivity index (χ0v) is 12.1. The van der Waals surface area contributed by atoms with Gasteiger partial charge in [0.15, 0.2) is 0 Å². The molecule has 20 heavy (non-hydrogen) atoms. The van der Waals surface area contributed by atoms with Gasteiger partial charge in [0.05, 0.1) is 22.8 Å². The molecule has 5 nitrogen and oxygen atoms in total. The molecule has 0 aliphatic heterocycles. The van der Waals surface area contributed by atoms with Gasteiger partial charge in [0.2, 0.25) is 0 Å². The van der Waals surface area contributed by atoms with Gasteiger partial charge in [-0.25, -0.2) is 4.68 Å². The monoisotopic (exact) mass is 313 g/mol. The lowest BCUT2D eigenvalue weighted by Gasteiger charge is -2.09. The van der Waals surface area contributed by atoms with Crippen LogP contribution in [0.15, 0.2) is 35.3 Å². The fourth-order valence-corrected chi connectivity index (χ4v) is 2.00. The molecular formula is C13H13Cl2N3O2. The minimum Gasteiger partial charge on any atom is -0.490 e. The minimum absolute atomic E-state index is 0.245. The molecular weight excluding hydrogens is 301 g/mol. The molecule has 2 rings (SSSR count). The molecule has 0 atom stereocenters. The number of hydrogen-bond acceptors (Lipinski definition) is 4. The zero-order valence-electron chi connectivity index (χ0n) is 10.6. The van der Waals surface area contributed by atoms with Crippen LogP contribution >= 0.6 is 23.2 Å². The third-order valence-electron chi connectivity index (χ3n) is 2.58. The Morgan fingerprint density at radius 1 is 1.35 bits per heavy atom. The van der Waals surface area contributed by atoms with Crippen molar-refractivity contribution < 1.29 is 4.74 Å². The SMILES string of the molecule is NCCOc1cnn(Cc2cccc(Cl)c2Cl)c(=O)c1. The van der Waals surface area contributed by atoms with Crippen LogP contribution in [0.25, 0.3) is 0 Å². The Hall–Kier alpha value is -1.56. The molecule has 0 fully saturated rings. The summed E-state index contributed by atoms with van der Waals surface area (Å²) >= 11 is 12.0. The van der Waals surface area contributed by atoms with E-state index in [2.05, 4.69) is 5.10 Å². The van der Waals surface area contributed by atoms with Gasteiger partial charge in [-0.1, -0.05) is 35.3 Å². The first kappa shape index (κ1) is 14.8. The lowest BCUT2D eigenvalue weighted by molar-refractivity contribution is 0.324. The van der Waals surface area contributed by atoms with E-state index in [4.69, 9.17) is 33.7 Å². The van der Waals surface area contributed by atoms with Crippen LogP contribution in [-0.4, -0.2) is 22.9 Å². The number of nitrogens with zero attached hydrogens (tertiary/aromatic N) is 2. The molecule has 0 saturated heterocycles. The third-order valence-corrected chi connectivity index (χ3v) is 3.44. The summed E-state index contributed by atoms with van der Waals surface area (Å²) in [5.74, 6) is 0.397. The molecule has 106 valence electrons. The topological polar surface area (TPSA) is 70.1 Å². The first-order valence-electron chi connectivity index (χ1n) is 5.94. The molecule has 0 amide bonds. The number of aromatic nitrogens is 2. The standard InChI is InChI=1S/C13H13Cl2N3O2/c14-11-3-1-2-9(13(11)15)8-18-12(19)6-10(7-17-18)20-5-4-16/h1-3,6-7H,4-5,8,16H2. The van der Waals surface area contributed by atoms with E-state index < -0.39 is 0 Å². The van der Waals surface area contributed by atoms with E-state index in [9.17, 15) is 4.79 Å². The van der Waals surface area contributed by atoms with E-state index in [0.29, 0.717) is 28.9 Å². The van der Waals surface area contributed by atoms with Gasteiger partial charge in [-0.15, -0.1) is 0 Å². The quantitative estimate of drug-likeness (QED) is 0.915. The van der Waals surface area contributed by atoms with Crippen molar-refractivity contribution in [2.75, 3.05) is 13.2 Å². The van der Waals surface area contributed by atoms with E-state index in [0.717, 1.165) is 5.56 Å². The van der Waals surface area contributed by atoms with Crippen molar-refractivity contribution in [3.05, 3.63) is 56.4 Å². The summed E-state index contributed by atoms with van der Waals surface area (Å²) in [6.07, 6.45) is 1.47. The lowest BCUT2D eigenvalue weighted by atomic mass is 10.2. The number of ether oxygens (including phenoxy) is 1. The molecule has 0 saturated carbocycles. The average Bonchev–Trinajstić information content (AvgIpc) is 2.44. The van der Waals surface area contributed by atoms with E-state index in [-0.39, 0.29) is 12.1 Å². The molecule has 0 radical (unpaired) electrons. The summed E-state index contributed by atoms with van der Waals surface area (Å²) < 4.78 is 6.52. The first-order valence-corrected chi connectivity index (χ1v) is 6.70. The highest BCUT2D eigenvalue weighted by Gasteiger charge is 2.07. The number of nitrogens with two attached hydrogens (primary N) is 1. The van der Waals surface area contributed by atoms with E-state index in [1.165, 1.54) is 16.9 Å². The second kappa shape index (κ2) is 6.74. The maximum absolute atomic E-state index is 11.9. The van der Waals surface area contributed by atoms with Crippen molar-refractivity contribution in [1.29, 1.82) is 0 Å². The van der Waals surface area contributed by atoms with Crippen molar-refractivity contribution in [1.82, 2.24) is 9.78 Å². The van der Waals surface area contributed by atoms with E-state index >= 15 is 0 Å². The second-order valence-electron chi connectivity index (χ2n) is 4.04. The van der Waals surface area contributed by atoms with Gasteiger partial charge >= 0.3 is 0 Å². The molecule has 0 spiro atoms. The van der Waals surface area contributed by atoms with Crippen LogP contribution < -0.4 is 16.0 Å². The molecule has 0 aliphatic carbocycles. The molecule has 2 aromatic rings. The Kier molecular flexibility index (Phi) is 5.00.